The monoisotopic (exact) mass is 370 g/mol. The number of hydrogen-bond acceptors (Lipinski definition) is 5. The molecule has 0 saturated carbocycles. The van der Waals surface area contributed by atoms with Crippen molar-refractivity contribution in [3.05, 3.63) is 53.1 Å². The minimum atomic E-state index is -0.343. The fourth-order valence-corrected chi connectivity index (χ4v) is 2.53. The van der Waals surface area contributed by atoms with Crippen molar-refractivity contribution in [2.24, 2.45) is 5.10 Å². The standard InChI is InChI=1S/C21H26N2O4/c1-14(2)18-8-6-15(3)10-20(18)27-13-21(24)23-22-12-16-11-17(25-4)7-9-19(16)26-5/h6-12,14H,13H2,1-5H3,(H,23,24)/b22-12-. The number of benzene rings is 2. The first kappa shape index (κ1) is 20.3. The molecule has 0 atom stereocenters. The Morgan fingerprint density at radius 3 is 2.56 bits per heavy atom. The first-order valence-electron chi connectivity index (χ1n) is 8.72. The number of hydrazone groups is 1. The summed E-state index contributed by atoms with van der Waals surface area (Å²) >= 11 is 0. The number of nitrogens with zero attached hydrogens (tertiary/aromatic N) is 1. The second kappa shape index (κ2) is 9.62. The van der Waals surface area contributed by atoms with Crippen LogP contribution in [0.15, 0.2) is 41.5 Å². The van der Waals surface area contributed by atoms with Crippen molar-refractivity contribution in [2.75, 3.05) is 20.8 Å². The number of amides is 1. The summed E-state index contributed by atoms with van der Waals surface area (Å²) in [4.78, 5) is 12.0. The maximum atomic E-state index is 12.0. The van der Waals surface area contributed by atoms with Gasteiger partial charge < -0.3 is 14.2 Å². The van der Waals surface area contributed by atoms with Crippen molar-refractivity contribution in [3.8, 4) is 17.2 Å². The summed E-state index contributed by atoms with van der Waals surface area (Å²) in [6.07, 6.45) is 1.51. The largest absolute Gasteiger partial charge is 0.497 e. The lowest BCUT2D eigenvalue weighted by molar-refractivity contribution is -0.123. The number of ether oxygens (including phenoxy) is 3. The molecule has 6 nitrogen and oxygen atoms in total. The third kappa shape index (κ3) is 5.74. The highest BCUT2D eigenvalue weighted by atomic mass is 16.5. The van der Waals surface area contributed by atoms with Crippen molar-refractivity contribution in [1.29, 1.82) is 0 Å². The highest BCUT2D eigenvalue weighted by molar-refractivity contribution is 5.86. The number of carbonyl (C=O) groups is 1. The Morgan fingerprint density at radius 1 is 1.11 bits per heavy atom. The van der Waals surface area contributed by atoms with E-state index in [4.69, 9.17) is 14.2 Å². The van der Waals surface area contributed by atoms with Gasteiger partial charge in [-0.3, -0.25) is 4.79 Å². The molecule has 0 unspecified atom stereocenters. The van der Waals surface area contributed by atoms with Crippen LogP contribution < -0.4 is 19.6 Å². The van der Waals surface area contributed by atoms with E-state index >= 15 is 0 Å². The molecule has 144 valence electrons. The molecule has 0 radical (unpaired) electrons. The summed E-state index contributed by atoms with van der Waals surface area (Å²) in [5.41, 5.74) is 5.31. The van der Waals surface area contributed by atoms with E-state index < -0.39 is 0 Å². The van der Waals surface area contributed by atoms with E-state index in [0.717, 1.165) is 16.9 Å². The van der Waals surface area contributed by atoms with E-state index in [1.54, 1.807) is 32.4 Å². The summed E-state index contributed by atoms with van der Waals surface area (Å²) in [6.45, 7) is 6.05. The Labute approximate surface area is 160 Å². The summed E-state index contributed by atoms with van der Waals surface area (Å²) in [5, 5.41) is 3.97. The summed E-state index contributed by atoms with van der Waals surface area (Å²) < 4.78 is 16.1. The first-order valence-corrected chi connectivity index (χ1v) is 8.72. The smallest absolute Gasteiger partial charge is 0.277 e. The van der Waals surface area contributed by atoms with Crippen LogP contribution in [0.25, 0.3) is 0 Å². The molecule has 0 fully saturated rings. The molecule has 0 aliphatic rings. The van der Waals surface area contributed by atoms with Crippen LogP contribution in [0.5, 0.6) is 17.2 Å². The topological polar surface area (TPSA) is 69.2 Å². The number of rotatable bonds is 8. The maximum absolute atomic E-state index is 12.0. The van der Waals surface area contributed by atoms with E-state index in [9.17, 15) is 4.79 Å². The fraction of sp³-hybridized carbons (Fsp3) is 0.333. The highest BCUT2D eigenvalue weighted by Gasteiger charge is 2.10. The Hall–Kier alpha value is -3.02. The van der Waals surface area contributed by atoms with Gasteiger partial charge in [-0.25, -0.2) is 5.43 Å². The molecule has 27 heavy (non-hydrogen) atoms. The van der Waals surface area contributed by atoms with E-state index in [1.807, 2.05) is 25.1 Å². The zero-order valence-corrected chi connectivity index (χ0v) is 16.4. The first-order chi connectivity index (χ1) is 12.9. The normalized spacial score (nSPS) is 10.9. The molecule has 0 bridgehead atoms. The Morgan fingerprint density at radius 2 is 1.89 bits per heavy atom. The highest BCUT2D eigenvalue weighted by Crippen LogP contribution is 2.27. The van der Waals surface area contributed by atoms with Gasteiger partial charge >= 0.3 is 0 Å². The van der Waals surface area contributed by atoms with Crippen LogP contribution in [0.1, 0.15) is 36.5 Å². The number of methoxy groups -OCH3 is 2. The molecule has 0 aliphatic carbocycles. The molecule has 6 heteroatoms. The lowest BCUT2D eigenvalue weighted by Crippen LogP contribution is -2.25. The van der Waals surface area contributed by atoms with Gasteiger partial charge in [-0.15, -0.1) is 0 Å². The quantitative estimate of drug-likeness (QED) is 0.569. The molecular weight excluding hydrogens is 344 g/mol. The molecule has 2 aromatic rings. The third-order valence-electron chi connectivity index (χ3n) is 3.98. The van der Waals surface area contributed by atoms with Gasteiger partial charge in [0, 0.05) is 5.56 Å². The molecule has 0 heterocycles. The van der Waals surface area contributed by atoms with Gasteiger partial charge in [0.25, 0.3) is 5.91 Å². The number of aryl methyl sites for hydroxylation is 1. The molecule has 2 aromatic carbocycles. The zero-order valence-electron chi connectivity index (χ0n) is 16.4. The average molecular weight is 370 g/mol. The van der Waals surface area contributed by atoms with E-state index in [1.165, 1.54) is 6.21 Å². The lowest BCUT2D eigenvalue weighted by atomic mass is 10.0. The van der Waals surface area contributed by atoms with Crippen LogP contribution in [0, 0.1) is 6.92 Å². The van der Waals surface area contributed by atoms with Gasteiger partial charge in [0.1, 0.15) is 17.2 Å². The third-order valence-corrected chi connectivity index (χ3v) is 3.98. The number of nitrogens with one attached hydrogen (secondary N) is 1. The van der Waals surface area contributed by atoms with Gasteiger partial charge in [0.15, 0.2) is 6.61 Å². The van der Waals surface area contributed by atoms with Gasteiger partial charge in [-0.05, 0) is 48.2 Å². The molecule has 1 amide bonds. The molecule has 0 aliphatic heterocycles. The van der Waals surface area contributed by atoms with Gasteiger partial charge in [-0.2, -0.15) is 5.10 Å². The molecule has 2 rings (SSSR count). The molecular formula is C21H26N2O4. The summed E-state index contributed by atoms with van der Waals surface area (Å²) in [7, 11) is 3.15. The molecule has 0 saturated heterocycles. The van der Waals surface area contributed by atoms with Crippen LogP contribution in [-0.2, 0) is 4.79 Å². The Kier molecular flexibility index (Phi) is 7.23. The second-order valence-electron chi connectivity index (χ2n) is 6.39. The number of carbonyl (C=O) groups excluding carboxylic acids is 1. The predicted molar refractivity (Wildman–Crippen MR) is 106 cm³/mol. The maximum Gasteiger partial charge on any atom is 0.277 e. The van der Waals surface area contributed by atoms with Crippen molar-refractivity contribution in [3.63, 3.8) is 0 Å². The molecule has 0 spiro atoms. The summed E-state index contributed by atoms with van der Waals surface area (Å²) in [6, 6.07) is 11.3. The van der Waals surface area contributed by atoms with Crippen LogP contribution in [0.4, 0.5) is 0 Å². The SMILES string of the molecule is COc1ccc(OC)c(/C=N\NC(=O)COc2cc(C)ccc2C(C)C)c1. The minimum absolute atomic E-state index is 0.115. The predicted octanol–water partition coefficient (Wildman–Crippen LogP) is 3.66. The van der Waals surface area contributed by atoms with Crippen LogP contribution in [-0.4, -0.2) is 32.9 Å². The van der Waals surface area contributed by atoms with Gasteiger partial charge in [-0.1, -0.05) is 26.0 Å². The Balaban J connectivity index is 1.97. The van der Waals surface area contributed by atoms with E-state index in [2.05, 4.69) is 24.4 Å². The van der Waals surface area contributed by atoms with Gasteiger partial charge in [0.2, 0.25) is 0 Å². The summed E-state index contributed by atoms with van der Waals surface area (Å²) in [5.74, 6) is 1.99. The van der Waals surface area contributed by atoms with Crippen molar-refractivity contribution >= 4 is 12.1 Å². The average Bonchev–Trinajstić information content (AvgIpc) is 2.66. The molecule has 0 aromatic heterocycles. The fourth-order valence-electron chi connectivity index (χ4n) is 2.53. The minimum Gasteiger partial charge on any atom is -0.497 e. The van der Waals surface area contributed by atoms with Crippen LogP contribution in [0.2, 0.25) is 0 Å². The Bertz CT molecular complexity index is 816. The van der Waals surface area contributed by atoms with Crippen molar-refractivity contribution in [2.45, 2.75) is 26.7 Å². The van der Waals surface area contributed by atoms with Crippen LogP contribution in [0.3, 0.4) is 0 Å². The van der Waals surface area contributed by atoms with E-state index in [-0.39, 0.29) is 12.5 Å². The second-order valence-corrected chi connectivity index (χ2v) is 6.39. The van der Waals surface area contributed by atoms with Crippen molar-refractivity contribution < 1.29 is 19.0 Å². The number of hydrogen-bond donors (Lipinski definition) is 1. The van der Waals surface area contributed by atoms with Crippen LogP contribution >= 0.6 is 0 Å². The lowest BCUT2D eigenvalue weighted by Gasteiger charge is -2.14. The van der Waals surface area contributed by atoms with E-state index in [0.29, 0.717) is 23.0 Å². The zero-order chi connectivity index (χ0) is 19.8. The van der Waals surface area contributed by atoms with Gasteiger partial charge in [0.05, 0.1) is 20.4 Å². The molecule has 1 N–H and O–H groups in total. The van der Waals surface area contributed by atoms with Crippen molar-refractivity contribution in [1.82, 2.24) is 5.43 Å².